The summed E-state index contributed by atoms with van der Waals surface area (Å²) in [5.41, 5.74) is 2.25. The summed E-state index contributed by atoms with van der Waals surface area (Å²) in [5, 5.41) is 0.686. The number of thioether (sulfide) groups is 1. The Labute approximate surface area is 173 Å². The molecule has 0 saturated carbocycles. The van der Waals surface area contributed by atoms with E-state index in [1.807, 2.05) is 43.3 Å². The third-order valence-electron chi connectivity index (χ3n) is 4.10. The molecule has 0 bridgehead atoms. The maximum Gasteiger partial charge on any atom is 0.338 e. The highest BCUT2D eigenvalue weighted by Crippen LogP contribution is 2.21. The van der Waals surface area contributed by atoms with Crippen LogP contribution in [-0.2, 0) is 4.74 Å². The van der Waals surface area contributed by atoms with Crippen LogP contribution in [0.5, 0.6) is 0 Å². The number of aryl methyl sites for hydroxylation is 1. The van der Waals surface area contributed by atoms with Gasteiger partial charge in [0.2, 0.25) is 0 Å². The summed E-state index contributed by atoms with van der Waals surface area (Å²) in [6, 6.07) is 21.5. The van der Waals surface area contributed by atoms with Crippen LogP contribution in [0.4, 0.5) is 0 Å². The molecular weight excluding hydrogens is 392 g/mol. The number of rotatable bonds is 7. The fourth-order valence-electron chi connectivity index (χ4n) is 2.62. The summed E-state index contributed by atoms with van der Waals surface area (Å²) >= 11 is 7.44. The Morgan fingerprint density at radius 2 is 1.54 bits per heavy atom. The van der Waals surface area contributed by atoms with Gasteiger partial charge >= 0.3 is 5.97 Å². The fraction of sp³-hybridized carbons (Fsp3) is 0.130. The molecule has 3 nitrogen and oxygen atoms in total. The maximum atomic E-state index is 12.8. The van der Waals surface area contributed by atoms with E-state index in [1.165, 1.54) is 0 Å². The number of ketones is 1. The van der Waals surface area contributed by atoms with Gasteiger partial charge in [-0.1, -0.05) is 59.6 Å². The van der Waals surface area contributed by atoms with Crippen molar-refractivity contribution in [3.63, 3.8) is 0 Å². The van der Waals surface area contributed by atoms with Crippen molar-refractivity contribution in [3.8, 4) is 0 Å². The van der Waals surface area contributed by atoms with Gasteiger partial charge in [-0.2, -0.15) is 0 Å². The molecule has 0 saturated heterocycles. The number of carbonyl (C=O) groups is 2. The number of hydrogen-bond donors (Lipinski definition) is 0. The second kappa shape index (κ2) is 9.58. The number of carbonyl (C=O) groups excluding carboxylic acids is 2. The van der Waals surface area contributed by atoms with Gasteiger partial charge in [0.1, 0.15) is 6.61 Å². The highest BCUT2D eigenvalue weighted by molar-refractivity contribution is 7.99. The quantitative estimate of drug-likeness (QED) is 0.213. The lowest BCUT2D eigenvalue weighted by atomic mass is 9.98. The Morgan fingerprint density at radius 3 is 2.21 bits per heavy atom. The third kappa shape index (κ3) is 5.24. The summed E-state index contributed by atoms with van der Waals surface area (Å²) in [6.07, 6.45) is 0. The van der Waals surface area contributed by atoms with Gasteiger partial charge in [0.15, 0.2) is 5.78 Å². The molecule has 0 aromatic heterocycles. The molecule has 0 spiro atoms. The molecule has 5 heteroatoms. The molecule has 3 rings (SSSR count). The Balaban J connectivity index is 1.63. The van der Waals surface area contributed by atoms with Crippen LogP contribution < -0.4 is 0 Å². The summed E-state index contributed by atoms with van der Waals surface area (Å²) in [5.74, 6) is -0.0718. The van der Waals surface area contributed by atoms with Crippen LogP contribution in [0.3, 0.4) is 0 Å². The summed E-state index contributed by atoms with van der Waals surface area (Å²) < 4.78 is 5.38. The van der Waals surface area contributed by atoms with E-state index < -0.39 is 5.97 Å². The lowest BCUT2D eigenvalue weighted by Crippen LogP contribution is -2.14. The number of benzene rings is 3. The van der Waals surface area contributed by atoms with Crippen LogP contribution in [0.1, 0.15) is 31.8 Å². The molecule has 0 fully saturated rings. The van der Waals surface area contributed by atoms with Gasteiger partial charge in [-0.3, -0.25) is 4.79 Å². The van der Waals surface area contributed by atoms with Gasteiger partial charge in [0, 0.05) is 26.8 Å². The summed E-state index contributed by atoms with van der Waals surface area (Å²) in [6.45, 7) is 2.21. The van der Waals surface area contributed by atoms with Crippen LogP contribution in [0.2, 0.25) is 5.02 Å². The van der Waals surface area contributed by atoms with Crippen molar-refractivity contribution in [2.24, 2.45) is 0 Å². The molecule has 0 atom stereocenters. The van der Waals surface area contributed by atoms with E-state index in [-0.39, 0.29) is 18.0 Å². The van der Waals surface area contributed by atoms with Crippen LogP contribution in [-0.4, -0.2) is 24.1 Å². The predicted octanol–water partition coefficient (Wildman–Crippen LogP) is 5.83. The summed E-state index contributed by atoms with van der Waals surface area (Å²) in [7, 11) is 0. The molecule has 0 aliphatic heterocycles. The number of ether oxygens (including phenoxy) is 1. The molecule has 0 amide bonds. The molecule has 142 valence electrons. The van der Waals surface area contributed by atoms with Gasteiger partial charge < -0.3 is 4.74 Å². The second-order valence-electron chi connectivity index (χ2n) is 6.18. The zero-order valence-electron chi connectivity index (χ0n) is 15.4. The second-order valence-corrected chi connectivity index (χ2v) is 7.78. The lowest BCUT2D eigenvalue weighted by molar-refractivity contribution is 0.0527. The Kier molecular flexibility index (Phi) is 6.90. The Morgan fingerprint density at radius 1 is 0.893 bits per heavy atom. The van der Waals surface area contributed by atoms with Crippen LogP contribution >= 0.6 is 23.4 Å². The largest absolute Gasteiger partial charge is 0.461 e. The average molecular weight is 411 g/mol. The van der Waals surface area contributed by atoms with E-state index in [0.717, 1.165) is 10.5 Å². The van der Waals surface area contributed by atoms with E-state index in [9.17, 15) is 9.59 Å². The highest BCUT2D eigenvalue weighted by atomic mass is 35.5. The monoisotopic (exact) mass is 410 g/mol. The van der Waals surface area contributed by atoms with E-state index in [1.54, 1.807) is 48.2 Å². The zero-order valence-corrected chi connectivity index (χ0v) is 16.9. The van der Waals surface area contributed by atoms with Gasteiger partial charge in [0.05, 0.1) is 5.56 Å². The first-order chi connectivity index (χ1) is 13.5. The molecule has 0 heterocycles. The molecule has 0 N–H and O–H groups in total. The number of halogens is 1. The summed E-state index contributed by atoms with van der Waals surface area (Å²) in [4.78, 5) is 26.4. The van der Waals surface area contributed by atoms with Crippen molar-refractivity contribution < 1.29 is 14.3 Å². The molecule has 3 aromatic rings. The zero-order chi connectivity index (χ0) is 19.9. The first-order valence-corrected chi connectivity index (χ1v) is 10.2. The molecule has 0 unspecified atom stereocenters. The van der Waals surface area contributed by atoms with Crippen LogP contribution in [0, 0.1) is 6.92 Å². The number of esters is 1. The topological polar surface area (TPSA) is 43.4 Å². The van der Waals surface area contributed by atoms with Gasteiger partial charge in [0.25, 0.3) is 0 Å². The fourth-order valence-corrected chi connectivity index (χ4v) is 3.48. The average Bonchev–Trinajstić information content (AvgIpc) is 2.72. The minimum absolute atomic E-state index is 0.192. The Hall–Kier alpha value is -2.56. The predicted molar refractivity (Wildman–Crippen MR) is 114 cm³/mol. The Bertz CT molecular complexity index is 966. The van der Waals surface area contributed by atoms with Gasteiger partial charge in [-0.25, -0.2) is 4.79 Å². The minimum atomic E-state index is -0.493. The highest BCUT2D eigenvalue weighted by Gasteiger charge is 2.19. The first-order valence-electron chi connectivity index (χ1n) is 8.80. The first kappa shape index (κ1) is 20.2. The van der Waals surface area contributed by atoms with Gasteiger partial charge in [-0.15, -0.1) is 11.8 Å². The van der Waals surface area contributed by atoms with Crippen molar-refractivity contribution in [1.29, 1.82) is 0 Å². The number of hydrogen-bond acceptors (Lipinski definition) is 4. The van der Waals surface area contributed by atoms with Crippen molar-refractivity contribution >= 4 is 35.1 Å². The molecule has 0 aliphatic carbocycles. The third-order valence-corrected chi connectivity index (χ3v) is 5.33. The molecule has 28 heavy (non-hydrogen) atoms. The molecule has 0 aliphatic rings. The smallest absolute Gasteiger partial charge is 0.338 e. The molecule has 3 aromatic carbocycles. The maximum absolute atomic E-state index is 12.8. The van der Waals surface area contributed by atoms with Crippen molar-refractivity contribution in [2.75, 3.05) is 12.4 Å². The molecular formula is C23H19ClO3S. The van der Waals surface area contributed by atoms with E-state index in [2.05, 4.69) is 0 Å². The van der Waals surface area contributed by atoms with Crippen molar-refractivity contribution in [1.82, 2.24) is 0 Å². The SMILES string of the molecule is Cc1ccc(C(=O)c2ccccc2C(=O)OCCSc2ccc(Cl)cc2)cc1. The van der Waals surface area contributed by atoms with Crippen molar-refractivity contribution in [3.05, 3.63) is 100 Å². The minimum Gasteiger partial charge on any atom is -0.461 e. The van der Waals surface area contributed by atoms with Crippen molar-refractivity contribution in [2.45, 2.75) is 11.8 Å². The lowest BCUT2D eigenvalue weighted by Gasteiger charge is -2.09. The van der Waals surface area contributed by atoms with E-state index >= 15 is 0 Å². The van der Waals surface area contributed by atoms with E-state index in [4.69, 9.17) is 16.3 Å². The van der Waals surface area contributed by atoms with E-state index in [0.29, 0.717) is 21.9 Å². The molecule has 0 radical (unpaired) electrons. The van der Waals surface area contributed by atoms with Gasteiger partial charge in [-0.05, 0) is 37.3 Å². The van der Waals surface area contributed by atoms with Crippen LogP contribution in [0.25, 0.3) is 0 Å². The van der Waals surface area contributed by atoms with Crippen LogP contribution in [0.15, 0.2) is 77.7 Å². The normalized spacial score (nSPS) is 10.5. The standard InChI is InChI=1S/C23H19ClO3S/c1-16-6-8-17(9-7-16)22(25)20-4-2-3-5-21(20)23(26)27-14-15-28-19-12-10-18(24)11-13-19/h2-13H,14-15H2,1H3.